The SMILES string of the molecule is CC1CCCN(S(=O)(=O)c2cc(C(=O)NCc3ccccn3)ccc2Cl)C1. The average molecular weight is 408 g/mol. The fourth-order valence-electron chi connectivity index (χ4n) is 3.12. The molecule has 6 nitrogen and oxygen atoms in total. The lowest BCUT2D eigenvalue weighted by Crippen LogP contribution is -2.39. The molecule has 1 unspecified atom stereocenters. The van der Waals surface area contributed by atoms with Gasteiger partial charge in [-0.05, 0) is 49.1 Å². The van der Waals surface area contributed by atoms with E-state index in [-0.39, 0.29) is 27.9 Å². The number of rotatable bonds is 5. The van der Waals surface area contributed by atoms with Crippen LogP contribution in [0.4, 0.5) is 0 Å². The van der Waals surface area contributed by atoms with E-state index in [2.05, 4.69) is 10.3 Å². The van der Waals surface area contributed by atoms with Gasteiger partial charge in [0.1, 0.15) is 4.90 Å². The maximum absolute atomic E-state index is 13.0. The summed E-state index contributed by atoms with van der Waals surface area (Å²) in [6, 6.07) is 9.76. The van der Waals surface area contributed by atoms with Crippen LogP contribution in [0.15, 0.2) is 47.5 Å². The molecule has 2 heterocycles. The van der Waals surface area contributed by atoms with Crippen molar-refractivity contribution >= 4 is 27.5 Å². The molecule has 27 heavy (non-hydrogen) atoms. The minimum Gasteiger partial charge on any atom is -0.346 e. The minimum absolute atomic E-state index is 0.0243. The number of sulfonamides is 1. The fourth-order valence-corrected chi connectivity index (χ4v) is 5.22. The van der Waals surface area contributed by atoms with Gasteiger partial charge in [-0.2, -0.15) is 4.31 Å². The Kier molecular flexibility index (Phi) is 6.14. The summed E-state index contributed by atoms with van der Waals surface area (Å²) in [4.78, 5) is 16.6. The third kappa shape index (κ3) is 4.66. The van der Waals surface area contributed by atoms with Crippen LogP contribution in [0, 0.1) is 5.92 Å². The van der Waals surface area contributed by atoms with E-state index in [4.69, 9.17) is 11.6 Å². The first-order chi connectivity index (χ1) is 12.9. The van der Waals surface area contributed by atoms with E-state index in [1.165, 1.54) is 22.5 Å². The molecule has 1 aliphatic rings. The van der Waals surface area contributed by atoms with Gasteiger partial charge in [0.2, 0.25) is 10.0 Å². The number of benzene rings is 1. The Hall–Kier alpha value is -1.96. The Balaban J connectivity index is 1.80. The first-order valence-corrected chi connectivity index (χ1v) is 10.7. The smallest absolute Gasteiger partial charge is 0.251 e. The van der Waals surface area contributed by atoms with Crippen LogP contribution in [0.25, 0.3) is 0 Å². The Labute approximate surface area is 164 Å². The largest absolute Gasteiger partial charge is 0.346 e. The first-order valence-electron chi connectivity index (χ1n) is 8.86. The third-order valence-corrected chi connectivity index (χ3v) is 6.93. The second-order valence-corrected chi connectivity index (χ2v) is 9.07. The number of carbonyl (C=O) groups excluding carboxylic acids is 1. The van der Waals surface area contributed by atoms with E-state index in [9.17, 15) is 13.2 Å². The zero-order valence-electron chi connectivity index (χ0n) is 15.1. The molecule has 0 saturated carbocycles. The van der Waals surface area contributed by atoms with Crippen molar-refractivity contribution < 1.29 is 13.2 Å². The van der Waals surface area contributed by atoms with Gasteiger partial charge in [0, 0.05) is 24.8 Å². The average Bonchev–Trinajstić information content (AvgIpc) is 2.67. The van der Waals surface area contributed by atoms with Crippen molar-refractivity contribution in [2.24, 2.45) is 5.92 Å². The van der Waals surface area contributed by atoms with E-state index < -0.39 is 10.0 Å². The Morgan fingerprint density at radius 1 is 1.33 bits per heavy atom. The number of aromatic nitrogens is 1. The Bertz CT molecular complexity index is 919. The van der Waals surface area contributed by atoms with E-state index in [0.717, 1.165) is 18.5 Å². The maximum Gasteiger partial charge on any atom is 0.251 e. The molecule has 1 amide bonds. The highest BCUT2D eigenvalue weighted by Crippen LogP contribution is 2.29. The minimum atomic E-state index is -3.74. The van der Waals surface area contributed by atoms with Crippen molar-refractivity contribution in [2.75, 3.05) is 13.1 Å². The number of hydrogen-bond acceptors (Lipinski definition) is 4. The van der Waals surface area contributed by atoms with Crippen LogP contribution in [0.2, 0.25) is 5.02 Å². The van der Waals surface area contributed by atoms with Gasteiger partial charge in [0.15, 0.2) is 0 Å². The molecule has 1 aliphatic heterocycles. The molecule has 0 spiro atoms. The molecule has 1 aromatic heterocycles. The van der Waals surface area contributed by atoms with Gasteiger partial charge in [-0.1, -0.05) is 24.6 Å². The van der Waals surface area contributed by atoms with E-state index >= 15 is 0 Å². The number of piperidine rings is 1. The molecule has 3 rings (SSSR count). The van der Waals surface area contributed by atoms with E-state index in [0.29, 0.717) is 19.0 Å². The molecule has 8 heteroatoms. The van der Waals surface area contributed by atoms with Gasteiger partial charge >= 0.3 is 0 Å². The summed E-state index contributed by atoms with van der Waals surface area (Å²) in [7, 11) is -3.74. The number of nitrogens with zero attached hydrogens (tertiary/aromatic N) is 2. The quantitative estimate of drug-likeness (QED) is 0.825. The van der Waals surface area contributed by atoms with Crippen molar-refractivity contribution in [3.05, 3.63) is 58.9 Å². The van der Waals surface area contributed by atoms with Crippen LogP contribution >= 0.6 is 11.6 Å². The number of nitrogens with one attached hydrogen (secondary N) is 1. The summed E-state index contributed by atoms with van der Waals surface area (Å²) in [5.41, 5.74) is 0.967. The van der Waals surface area contributed by atoms with Crippen molar-refractivity contribution in [2.45, 2.75) is 31.2 Å². The van der Waals surface area contributed by atoms with E-state index in [1.807, 2.05) is 13.0 Å². The first kappa shape index (κ1) is 19.8. The van der Waals surface area contributed by atoms with E-state index in [1.54, 1.807) is 18.3 Å². The predicted molar refractivity (Wildman–Crippen MR) is 104 cm³/mol. The summed E-state index contributed by atoms with van der Waals surface area (Å²) in [5.74, 6) is -0.0714. The van der Waals surface area contributed by atoms with Crippen LogP contribution in [-0.4, -0.2) is 36.7 Å². The second kappa shape index (κ2) is 8.37. The van der Waals surface area contributed by atoms with Crippen LogP contribution in [0.3, 0.4) is 0 Å². The number of halogens is 1. The summed E-state index contributed by atoms with van der Waals surface area (Å²) in [6.07, 6.45) is 3.48. The molecule has 144 valence electrons. The lowest BCUT2D eigenvalue weighted by atomic mass is 10.0. The number of amides is 1. The van der Waals surface area contributed by atoms with Gasteiger partial charge in [-0.3, -0.25) is 9.78 Å². The lowest BCUT2D eigenvalue weighted by molar-refractivity contribution is 0.0950. The molecule has 0 bridgehead atoms. The molecule has 1 atom stereocenters. The molecule has 2 aromatic rings. The number of pyridine rings is 1. The lowest BCUT2D eigenvalue weighted by Gasteiger charge is -2.30. The molecule has 0 radical (unpaired) electrons. The van der Waals surface area contributed by atoms with Crippen LogP contribution < -0.4 is 5.32 Å². The normalized spacial score (nSPS) is 18.2. The van der Waals surface area contributed by atoms with Crippen LogP contribution in [-0.2, 0) is 16.6 Å². The Morgan fingerprint density at radius 2 is 2.15 bits per heavy atom. The standard InChI is InChI=1S/C19H22ClN3O3S/c1-14-5-4-10-23(13-14)27(25,26)18-11-15(7-8-17(18)20)19(24)22-12-16-6-2-3-9-21-16/h2-3,6-9,11,14H,4-5,10,12-13H2,1H3,(H,22,24). The van der Waals surface area contributed by atoms with Crippen molar-refractivity contribution in [3.63, 3.8) is 0 Å². The molecular weight excluding hydrogens is 386 g/mol. The van der Waals surface area contributed by atoms with Gasteiger partial charge in [-0.25, -0.2) is 8.42 Å². The monoisotopic (exact) mass is 407 g/mol. The predicted octanol–water partition coefficient (Wildman–Crippen LogP) is 3.09. The van der Waals surface area contributed by atoms with Crippen molar-refractivity contribution in [1.29, 1.82) is 0 Å². The highest BCUT2D eigenvalue weighted by Gasteiger charge is 2.30. The van der Waals surface area contributed by atoms with Gasteiger partial charge < -0.3 is 5.32 Å². The van der Waals surface area contributed by atoms with Gasteiger partial charge in [0.05, 0.1) is 17.3 Å². The molecule has 1 fully saturated rings. The zero-order valence-corrected chi connectivity index (χ0v) is 16.6. The summed E-state index contributed by atoms with van der Waals surface area (Å²) in [5, 5.41) is 2.87. The van der Waals surface area contributed by atoms with Crippen molar-refractivity contribution in [1.82, 2.24) is 14.6 Å². The summed E-state index contributed by atoms with van der Waals surface area (Å²) < 4.78 is 27.5. The van der Waals surface area contributed by atoms with Crippen LogP contribution in [0.5, 0.6) is 0 Å². The van der Waals surface area contributed by atoms with Crippen LogP contribution in [0.1, 0.15) is 35.8 Å². The topological polar surface area (TPSA) is 79.4 Å². The van der Waals surface area contributed by atoms with Gasteiger partial charge in [0.25, 0.3) is 5.91 Å². The summed E-state index contributed by atoms with van der Waals surface area (Å²) >= 11 is 6.17. The molecular formula is C19H22ClN3O3S. The van der Waals surface area contributed by atoms with Gasteiger partial charge in [-0.15, -0.1) is 0 Å². The number of carbonyl (C=O) groups is 1. The molecule has 1 aromatic carbocycles. The molecule has 1 saturated heterocycles. The Morgan fingerprint density at radius 3 is 2.85 bits per heavy atom. The molecule has 0 aliphatic carbocycles. The second-order valence-electron chi connectivity index (χ2n) is 6.76. The fraction of sp³-hybridized carbons (Fsp3) is 0.368. The zero-order chi connectivity index (χ0) is 19.4. The third-order valence-electron chi connectivity index (χ3n) is 4.59. The highest BCUT2D eigenvalue weighted by molar-refractivity contribution is 7.89. The summed E-state index contributed by atoms with van der Waals surface area (Å²) in [6.45, 7) is 3.23. The molecule has 1 N–H and O–H groups in total. The maximum atomic E-state index is 13.0. The van der Waals surface area contributed by atoms with Crippen molar-refractivity contribution in [3.8, 4) is 0 Å². The highest BCUT2D eigenvalue weighted by atomic mass is 35.5. The number of hydrogen-bond donors (Lipinski definition) is 1.